The lowest BCUT2D eigenvalue weighted by Crippen LogP contribution is -2.10. The second-order valence-corrected chi connectivity index (χ2v) is 3.93. The second-order valence-electron chi connectivity index (χ2n) is 3.93. The molecule has 17 heavy (non-hydrogen) atoms. The van der Waals surface area contributed by atoms with E-state index >= 15 is 0 Å². The lowest BCUT2D eigenvalue weighted by Gasteiger charge is -2.10. The highest BCUT2D eigenvalue weighted by Crippen LogP contribution is 2.12. The molecule has 0 N–H and O–H groups in total. The van der Waals surface area contributed by atoms with Crippen LogP contribution in [0.4, 0.5) is 0 Å². The normalized spacial score (nSPS) is 11.8. The molecule has 0 spiro atoms. The minimum atomic E-state index is 0.317. The quantitative estimate of drug-likeness (QED) is 0.679. The van der Waals surface area contributed by atoms with Crippen molar-refractivity contribution in [1.82, 2.24) is 0 Å². The Morgan fingerprint density at radius 2 is 2.18 bits per heavy atom. The van der Waals surface area contributed by atoms with Crippen molar-refractivity contribution in [3.8, 4) is 11.8 Å². The lowest BCUT2D eigenvalue weighted by molar-refractivity contribution is 0.0554. The summed E-state index contributed by atoms with van der Waals surface area (Å²) in [5.41, 5.74) is 0.623. The van der Waals surface area contributed by atoms with Crippen molar-refractivity contribution in [1.29, 1.82) is 5.26 Å². The molecule has 1 aromatic carbocycles. The van der Waals surface area contributed by atoms with E-state index in [1.165, 1.54) is 0 Å². The van der Waals surface area contributed by atoms with E-state index in [4.69, 9.17) is 14.7 Å². The molecule has 3 nitrogen and oxygen atoms in total. The van der Waals surface area contributed by atoms with Crippen LogP contribution in [0.1, 0.15) is 32.3 Å². The van der Waals surface area contributed by atoms with Gasteiger partial charge < -0.3 is 9.47 Å². The molecule has 1 unspecified atom stereocenters. The minimum absolute atomic E-state index is 0.317. The van der Waals surface area contributed by atoms with Crippen molar-refractivity contribution in [2.24, 2.45) is 0 Å². The molecular weight excluding hydrogens is 214 g/mol. The van der Waals surface area contributed by atoms with Crippen LogP contribution < -0.4 is 4.74 Å². The van der Waals surface area contributed by atoms with E-state index in [0.717, 1.165) is 18.6 Å². The molecule has 0 bridgehead atoms. The smallest absolute Gasteiger partial charge is 0.120 e. The zero-order chi connectivity index (χ0) is 12.5. The van der Waals surface area contributed by atoms with Crippen molar-refractivity contribution < 1.29 is 9.47 Å². The van der Waals surface area contributed by atoms with Crippen LogP contribution in [-0.2, 0) is 4.74 Å². The van der Waals surface area contributed by atoms with E-state index in [1.54, 1.807) is 12.1 Å². The van der Waals surface area contributed by atoms with Crippen molar-refractivity contribution in [3.05, 3.63) is 29.8 Å². The van der Waals surface area contributed by atoms with Crippen molar-refractivity contribution >= 4 is 0 Å². The maximum atomic E-state index is 8.73. The van der Waals surface area contributed by atoms with Crippen molar-refractivity contribution in [2.45, 2.75) is 32.8 Å². The predicted molar refractivity (Wildman–Crippen MR) is 67.0 cm³/mol. The van der Waals surface area contributed by atoms with Crippen LogP contribution in [0.15, 0.2) is 24.3 Å². The van der Waals surface area contributed by atoms with Crippen LogP contribution in [0.5, 0.6) is 5.75 Å². The third-order valence-electron chi connectivity index (χ3n) is 2.50. The van der Waals surface area contributed by atoms with Gasteiger partial charge >= 0.3 is 0 Å². The highest BCUT2D eigenvalue weighted by Gasteiger charge is 1.99. The third kappa shape index (κ3) is 5.37. The van der Waals surface area contributed by atoms with E-state index in [0.29, 0.717) is 24.9 Å². The lowest BCUT2D eigenvalue weighted by atomic mass is 10.2. The monoisotopic (exact) mass is 233 g/mol. The molecule has 3 heteroatoms. The Morgan fingerprint density at radius 3 is 2.88 bits per heavy atom. The highest BCUT2D eigenvalue weighted by molar-refractivity contribution is 5.36. The van der Waals surface area contributed by atoms with Crippen LogP contribution in [0, 0.1) is 11.3 Å². The van der Waals surface area contributed by atoms with Crippen LogP contribution in [0.25, 0.3) is 0 Å². The molecule has 0 saturated heterocycles. The largest absolute Gasteiger partial charge is 0.493 e. The first-order valence-electron chi connectivity index (χ1n) is 6.00. The van der Waals surface area contributed by atoms with E-state index in [1.807, 2.05) is 12.1 Å². The standard InChI is InChI=1S/C14H19NO2/c1-3-12(2)16-8-5-9-17-14-7-4-6-13(10-14)11-15/h4,6-7,10,12H,3,5,8-9H2,1-2H3. The number of nitrogens with zero attached hydrogens (tertiary/aromatic N) is 1. The van der Waals surface area contributed by atoms with Gasteiger partial charge in [0.1, 0.15) is 5.75 Å². The summed E-state index contributed by atoms with van der Waals surface area (Å²) in [5.74, 6) is 0.743. The minimum Gasteiger partial charge on any atom is -0.493 e. The summed E-state index contributed by atoms with van der Waals surface area (Å²) in [5, 5.41) is 8.73. The Balaban J connectivity index is 2.20. The van der Waals surface area contributed by atoms with Gasteiger partial charge in [0.15, 0.2) is 0 Å². The van der Waals surface area contributed by atoms with Gasteiger partial charge in [-0.15, -0.1) is 0 Å². The van der Waals surface area contributed by atoms with E-state index in [9.17, 15) is 0 Å². The highest BCUT2D eigenvalue weighted by atomic mass is 16.5. The van der Waals surface area contributed by atoms with E-state index < -0.39 is 0 Å². The summed E-state index contributed by atoms with van der Waals surface area (Å²) in [6.07, 6.45) is 2.21. The Bertz CT molecular complexity index is 371. The zero-order valence-electron chi connectivity index (χ0n) is 10.5. The number of hydrogen-bond acceptors (Lipinski definition) is 3. The van der Waals surface area contributed by atoms with Crippen molar-refractivity contribution in [2.75, 3.05) is 13.2 Å². The van der Waals surface area contributed by atoms with Gasteiger partial charge in [-0.25, -0.2) is 0 Å². The Kier molecular flexibility index (Phi) is 6.13. The second kappa shape index (κ2) is 7.70. The zero-order valence-corrected chi connectivity index (χ0v) is 10.5. The Labute approximate surface area is 103 Å². The maximum Gasteiger partial charge on any atom is 0.120 e. The first kappa shape index (κ1) is 13.5. The summed E-state index contributed by atoms with van der Waals surface area (Å²) < 4.78 is 11.1. The van der Waals surface area contributed by atoms with Gasteiger partial charge in [0.2, 0.25) is 0 Å². The summed E-state index contributed by atoms with van der Waals surface area (Å²) in [4.78, 5) is 0. The molecule has 1 atom stereocenters. The molecule has 0 heterocycles. The van der Waals surface area contributed by atoms with E-state index in [2.05, 4.69) is 19.9 Å². The molecule has 1 aromatic rings. The Hall–Kier alpha value is -1.53. The van der Waals surface area contributed by atoms with Gasteiger partial charge in [0.05, 0.1) is 31.0 Å². The third-order valence-corrected chi connectivity index (χ3v) is 2.50. The number of nitriles is 1. The summed E-state index contributed by atoms with van der Waals surface area (Å²) in [6, 6.07) is 9.28. The first-order chi connectivity index (χ1) is 8.26. The molecule has 0 aliphatic rings. The fraction of sp³-hybridized carbons (Fsp3) is 0.500. The topological polar surface area (TPSA) is 42.2 Å². The summed E-state index contributed by atoms with van der Waals surface area (Å²) in [7, 11) is 0. The van der Waals surface area contributed by atoms with Crippen LogP contribution in [0.2, 0.25) is 0 Å². The maximum absolute atomic E-state index is 8.73. The molecule has 0 aliphatic heterocycles. The molecule has 1 rings (SSSR count). The first-order valence-corrected chi connectivity index (χ1v) is 6.00. The van der Waals surface area contributed by atoms with Crippen LogP contribution >= 0.6 is 0 Å². The van der Waals surface area contributed by atoms with Gasteiger partial charge in [0.25, 0.3) is 0 Å². The molecule has 0 fully saturated rings. The number of ether oxygens (including phenoxy) is 2. The summed E-state index contributed by atoms with van der Waals surface area (Å²) in [6.45, 7) is 5.50. The van der Waals surface area contributed by atoms with E-state index in [-0.39, 0.29) is 0 Å². The molecule has 0 amide bonds. The number of rotatable bonds is 7. The van der Waals surface area contributed by atoms with Gasteiger partial charge in [-0.3, -0.25) is 0 Å². The molecule has 92 valence electrons. The van der Waals surface area contributed by atoms with Crippen molar-refractivity contribution in [3.63, 3.8) is 0 Å². The number of hydrogen-bond donors (Lipinski definition) is 0. The summed E-state index contributed by atoms with van der Waals surface area (Å²) >= 11 is 0. The molecule has 0 aromatic heterocycles. The van der Waals surface area contributed by atoms with Gasteiger partial charge in [-0.2, -0.15) is 5.26 Å². The van der Waals surface area contributed by atoms with Crippen LogP contribution in [-0.4, -0.2) is 19.3 Å². The molecule has 0 radical (unpaired) electrons. The average molecular weight is 233 g/mol. The Morgan fingerprint density at radius 1 is 1.35 bits per heavy atom. The van der Waals surface area contributed by atoms with Gasteiger partial charge in [-0.1, -0.05) is 13.0 Å². The fourth-order valence-corrected chi connectivity index (χ4v) is 1.31. The molecule has 0 aliphatic carbocycles. The number of benzene rings is 1. The fourth-order valence-electron chi connectivity index (χ4n) is 1.31. The van der Waals surface area contributed by atoms with Gasteiger partial charge in [0, 0.05) is 6.42 Å². The predicted octanol–water partition coefficient (Wildman–Crippen LogP) is 3.14. The van der Waals surface area contributed by atoms with Crippen LogP contribution in [0.3, 0.4) is 0 Å². The average Bonchev–Trinajstić information content (AvgIpc) is 2.38. The molecular formula is C14H19NO2. The molecule has 0 saturated carbocycles. The SMILES string of the molecule is CCC(C)OCCCOc1cccc(C#N)c1. The van der Waals surface area contributed by atoms with Gasteiger partial charge in [-0.05, 0) is 31.5 Å².